The minimum Gasteiger partial charge on any atom is -0.508 e. The summed E-state index contributed by atoms with van der Waals surface area (Å²) in [6.07, 6.45) is -3.80. The van der Waals surface area contributed by atoms with Crippen LogP contribution in [0.25, 0.3) is 0 Å². The van der Waals surface area contributed by atoms with Crippen LogP contribution in [0.4, 0.5) is 0 Å². The number of piperidine rings is 1. The largest absolute Gasteiger partial charge is 0.508 e. The number of nitrogens with zero attached hydrogens (tertiary/aromatic N) is 2. The van der Waals surface area contributed by atoms with E-state index >= 15 is 0 Å². The summed E-state index contributed by atoms with van der Waals surface area (Å²) in [4.78, 5) is 119. The zero-order valence-corrected chi connectivity index (χ0v) is 45.0. The number of unbranched alkanes of at least 4 members (excludes halogenated alkanes) is 1. The predicted octanol–water partition coefficient (Wildman–Crippen LogP) is 0.129. The molecule has 0 unspecified atom stereocenters. The molecule has 24 nitrogen and oxygen atoms in total. The summed E-state index contributed by atoms with van der Waals surface area (Å²) in [5.74, 6) is -8.62. The van der Waals surface area contributed by atoms with Crippen molar-refractivity contribution in [1.29, 1.82) is 0 Å². The molecule has 2 fully saturated rings. The molecule has 2 aromatic carbocycles. The minimum atomic E-state index is -5.04. The van der Waals surface area contributed by atoms with Crippen LogP contribution in [0.15, 0.2) is 54.6 Å². The molecule has 0 saturated carbocycles. The number of hydrogen-bond acceptors (Lipinski definition) is 16. The molecule has 2 bridgehead atoms. The van der Waals surface area contributed by atoms with E-state index in [2.05, 4.69) is 30.8 Å². The molecule has 0 aromatic heterocycles. The molecule has 76 heavy (non-hydrogen) atoms. The number of methoxy groups -OCH3 is 1. The summed E-state index contributed by atoms with van der Waals surface area (Å²) < 4.78 is 47.3. The SMILES string of the molecule is CC[C@H](C)[C@@H]1NC(=O)[C@H](Cc2ccccc2)N(C)C(=O)[C@H]([C@@H](C)CC)N2C(=O)[C@H](CC[C@H]2O)NC(=O)[C@H](CCCCN)NC(=O)[C@@H](NC(=O)[C@@H](CCc2ccc(O)cc2)NC(=O)[C@@H](COS(=O)(=O)O)OC)[C@@H](C)OC1=O. The molecule has 0 spiro atoms. The molecule has 2 saturated heterocycles. The Morgan fingerprint density at radius 1 is 0.868 bits per heavy atom. The van der Waals surface area contributed by atoms with E-state index in [-0.39, 0.29) is 57.2 Å². The average Bonchev–Trinajstić information content (AvgIpc) is 3.38. The third-order valence-electron chi connectivity index (χ3n) is 14.0. The van der Waals surface area contributed by atoms with Crippen LogP contribution in [0.5, 0.6) is 5.75 Å². The number of aliphatic hydroxyl groups excluding tert-OH is 1. The zero-order valence-electron chi connectivity index (χ0n) is 44.1. The van der Waals surface area contributed by atoms with Crippen LogP contribution in [0, 0.1) is 11.8 Å². The first kappa shape index (κ1) is 62.3. The molecular weight excluding hydrogens is 1010 g/mol. The van der Waals surface area contributed by atoms with E-state index < -0.39 is 137 Å². The Bertz CT molecular complexity index is 2420. The number of nitrogens with one attached hydrogen (secondary N) is 5. The molecule has 10 N–H and O–H groups in total. The van der Waals surface area contributed by atoms with Crippen LogP contribution in [0.3, 0.4) is 0 Å². The first-order chi connectivity index (χ1) is 35.9. The number of amides is 7. The van der Waals surface area contributed by atoms with Gasteiger partial charge in [0.25, 0.3) is 5.91 Å². The molecule has 0 aliphatic carbocycles. The molecule has 2 aromatic rings. The van der Waals surface area contributed by atoms with E-state index in [0.29, 0.717) is 30.4 Å². The maximum absolute atomic E-state index is 15.0. The predicted molar refractivity (Wildman–Crippen MR) is 274 cm³/mol. The average molecular weight is 1090 g/mol. The van der Waals surface area contributed by atoms with Gasteiger partial charge in [-0.2, -0.15) is 8.42 Å². The van der Waals surface area contributed by atoms with Crippen molar-refractivity contribution in [3.05, 3.63) is 65.7 Å². The van der Waals surface area contributed by atoms with Crippen molar-refractivity contribution >= 4 is 57.7 Å². The highest BCUT2D eigenvalue weighted by Crippen LogP contribution is 2.28. The quantitative estimate of drug-likeness (QED) is 0.0456. The standard InChI is InChI=1S/C51H76N8O16S/c1-8-29(3)41-51(69)75-31(5)42(57-45(63)36(23-20-32-18-21-34(60)22-19-32)53-47(65)39(73-7)28-74-76(70,71)72)48(66)54-35(17-13-14-26-52)44(62)55-37-24-25-40(61)59(49(37)67)43(30(4)9-2)50(68)58(6)38(46(64)56-41)27-33-15-11-10-12-16-33/h10-12,15-16,18-19,21-22,29-31,35-43,60-61H,8-9,13-14,17,20,23-28,52H2,1-7H3,(H,53,65)(H,54,66)(H,55,62)(H,56,64)(H,57,63)(H,70,71,72)/t29-,30-,31+,35-,36+,37-,38-,39+,40+,41-,42-,43-/m0/s1. The lowest BCUT2D eigenvalue weighted by Gasteiger charge is -2.44. The highest BCUT2D eigenvalue weighted by Gasteiger charge is 2.47. The summed E-state index contributed by atoms with van der Waals surface area (Å²) in [6.45, 7) is 7.43. The number of rotatable bonds is 21. The highest BCUT2D eigenvalue weighted by molar-refractivity contribution is 7.80. The summed E-state index contributed by atoms with van der Waals surface area (Å²) in [5.41, 5.74) is 7.03. The molecule has 12 atom stereocenters. The second-order valence-corrected chi connectivity index (χ2v) is 20.5. The molecule has 2 heterocycles. The number of phenols is 1. The molecule has 25 heteroatoms. The van der Waals surface area contributed by atoms with Gasteiger partial charge in [-0.1, -0.05) is 83.0 Å². The van der Waals surface area contributed by atoms with Crippen LogP contribution < -0.4 is 32.3 Å². The number of aromatic hydroxyl groups is 1. The van der Waals surface area contributed by atoms with Crippen LogP contribution in [-0.2, 0) is 75.3 Å². The zero-order chi connectivity index (χ0) is 56.4. The van der Waals surface area contributed by atoms with Crippen molar-refractivity contribution in [2.24, 2.45) is 17.6 Å². The summed E-state index contributed by atoms with van der Waals surface area (Å²) in [5, 5.41) is 34.5. The van der Waals surface area contributed by atoms with Gasteiger partial charge in [0.05, 0.1) is 0 Å². The smallest absolute Gasteiger partial charge is 0.397 e. The number of esters is 1. The number of aliphatic hydroxyl groups is 1. The van der Waals surface area contributed by atoms with E-state index in [1.54, 1.807) is 70.2 Å². The lowest BCUT2D eigenvalue weighted by atomic mass is 9.91. The lowest BCUT2D eigenvalue weighted by Crippen LogP contribution is -2.66. The molecular formula is C51H76N8O16S. The monoisotopic (exact) mass is 1090 g/mol. The maximum atomic E-state index is 15.0. The van der Waals surface area contributed by atoms with E-state index in [1.165, 1.54) is 31.0 Å². The number of likely N-dealkylation sites (N-methyl/N-ethyl adjacent to an activating group) is 1. The van der Waals surface area contributed by atoms with Gasteiger partial charge in [-0.05, 0) is 93.5 Å². The number of carbonyl (C=O) groups excluding carboxylic acids is 8. The van der Waals surface area contributed by atoms with Gasteiger partial charge in [-0.3, -0.25) is 38.1 Å². The third-order valence-corrected chi connectivity index (χ3v) is 14.4. The Hall–Kier alpha value is -6.25. The number of fused-ring (bicyclic) bond motifs is 2. The van der Waals surface area contributed by atoms with Crippen molar-refractivity contribution in [3.63, 3.8) is 0 Å². The van der Waals surface area contributed by atoms with Crippen LogP contribution >= 0.6 is 0 Å². The summed E-state index contributed by atoms with van der Waals surface area (Å²) in [6, 6.07) is 4.44. The molecule has 0 radical (unpaired) electrons. The lowest BCUT2D eigenvalue weighted by molar-refractivity contribution is -0.168. The van der Waals surface area contributed by atoms with E-state index in [4.69, 9.17) is 19.8 Å². The number of phenolic OH excluding ortho intramolecular Hbond substituents is 1. The fraction of sp³-hybridized carbons (Fsp3) is 0.608. The van der Waals surface area contributed by atoms with Crippen LogP contribution in [0.2, 0.25) is 0 Å². The number of cyclic esters (lactones) is 1. The van der Waals surface area contributed by atoms with E-state index in [0.717, 1.165) is 12.0 Å². The van der Waals surface area contributed by atoms with Gasteiger partial charge >= 0.3 is 16.4 Å². The van der Waals surface area contributed by atoms with Crippen molar-refractivity contribution in [3.8, 4) is 5.75 Å². The second kappa shape index (κ2) is 29.3. The Labute approximate surface area is 443 Å². The van der Waals surface area contributed by atoms with Crippen molar-refractivity contribution in [1.82, 2.24) is 36.4 Å². The van der Waals surface area contributed by atoms with Gasteiger partial charge in [0.2, 0.25) is 35.4 Å². The van der Waals surface area contributed by atoms with E-state index in [1.807, 2.05) is 0 Å². The molecule has 2 aliphatic rings. The number of ether oxygens (including phenoxy) is 2. The van der Waals surface area contributed by atoms with Gasteiger partial charge < -0.3 is 61.8 Å². The Balaban J connectivity index is 1.87. The summed E-state index contributed by atoms with van der Waals surface area (Å²) >= 11 is 0. The van der Waals surface area contributed by atoms with Crippen molar-refractivity contribution in [2.45, 2.75) is 160 Å². The normalized spacial score (nSPS) is 25.0. The molecule has 2 aliphatic heterocycles. The number of carbonyl (C=O) groups is 8. The first-order valence-electron chi connectivity index (χ1n) is 25.6. The number of benzene rings is 2. The van der Waals surface area contributed by atoms with Gasteiger partial charge in [-0.25, -0.2) is 8.98 Å². The van der Waals surface area contributed by atoms with Crippen molar-refractivity contribution in [2.75, 3.05) is 27.3 Å². The van der Waals surface area contributed by atoms with Crippen LogP contribution in [-0.4, -0.2) is 168 Å². The fourth-order valence-electron chi connectivity index (χ4n) is 8.92. The van der Waals surface area contributed by atoms with Gasteiger partial charge in [0.1, 0.15) is 67.0 Å². The fourth-order valence-corrected chi connectivity index (χ4v) is 9.22. The van der Waals surface area contributed by atoms with Crippen molar-refractivity contribution < 1.29 is 75.2 Å². The molecule has 4 rings (SSSR count). The maximum Gasteiger partial charge on any atom is 0.397 e. The van der Waals surface area contributed by atoms with Gasteiger partial charge in [0, 0.05) is 20.6 Å². The highest BCUT2D eigenvalue weighted by atomic mass is 32.3. The van der Waals surface area contributed by atoms with Crippen LogP contribution in [0.1, 0.15) is 97.1 Å². The second-order valence-electron chi connectivity index (χ2n) is 19.4. The number of nitrogens with two attached hydrogens (primary N) is 1. The Kier molecular flexibility index (Phi) is 24.0. The Morgan fingerprint density at radius 3 is 2.13 bits per heavy atom. The minimum absolute atomic E-state index is 0.0457. The topological polar surface area (TPSA) is 352 Å². The van der Waals surface area contributed by atoms with E-state index in [9.17, 15) is 57.0 Å². The van der Waals surface area contributed by atoms with Gasteiger partial charge in [0.15, 0.2) is 6.10 Å². The number of aryl methyl sites for hydroxylation is 1. The van der Waals surface area contributed by atoms with Gasteiger partial charge in [-0.15, -0.1) is 0 Å². The summed E-state index contributed by atoms with van der Waals surface area (Å²) in [7, 11) is -2.60. The number of hydrogen-bond donors (Lipinski definition) is 9. The third kappa shape index (κ3) is 17.7. The Morgan fingerprint density at radius 2 is 1.53 bits per heavy atom. The molecule has 422 valence electrons. The molecule has 7 amide bonds. The first-order valence-corrected chi connectivity index (χ1v) is 27.0.